The third-order valence-electron chi connectivity index (χ3n) is 2.12. The van der Waals surface area contributed by atoms with E-state index >= 15 is 0 Å². The Hall–Kier alpha value is -1.75. The first kappa shape index (κ1) is 10.8. The highest BCUT2D eigenvalue weighted by atomic mass is 32.1. The molecule has 0 N–H and O–H groups in total. The molecule has 2 aromatic heterocycles. The van der Waals surface area contributed by atoms with Crippen molar-refractivity contribution >= 4 is 17.1 Å². The van der Waals surface area contributed by atoms with Crippen molar-refractivity contribution in [2.45, 2.75) is 6.42 Å². The molecule has 2 aromatic rings. The molecular weight excluding hydrogens is 224 g/mol. The van der Waals surface area contributed by atoms with Gasteiger partial charge in [0.15, 0.2) is 5.78 Å². The number of pyridine rings is 1. The van der Waals surface area contributed by atoms with E-state index in [0.717, 1.165) is 4.88 Å². The number of carbonyl (C=O) groups excluding carboxylic acids is 1. The molecule has 0 saturated heterocycles. The molecule has 0 aliphatic rings. The van der Waals surface area contributed by atoms with Crippen LogP contribution in [-0.4, -0.2) is 22.9 Å². The van der Waals surface area contributed by atoms with Crippen LogP contribution in [0.2, 0.25) is 0 Å². The van der Waals surface area contributed by atoms with Gasteiger partial charge in [0.25, 0.3) is 0 Å². The van der Waals surface area contributed by atoms with Gasteiger partial charge in [0.05, 0.1) is 24.4 Å². The summed E-state index contributed by atoms with van der Waals surface area (Å²) >= 11 is 1.47. The van der Waals surface area contributed by atoms with Crippen molar-refractivity contribution in [2.75, 3.05) is 7.11 Å². The number of hydrogen-bond donors (Lipinski definition) is 0. The highest BCUT2D eigenvalue weighted by Crippen LogP contribution is 2.19. The van der Waals surface area contributed by atoms with Crippen LogP contribution in [0.5, 0.6) is 5.75 Å². The molecule has 0 fully saturated rings. The van der Waals surface area contributed by atoms with Gasteiger partial charge in [0.2, 0.25) is 0 Å². The van der Waals surface area contributed by atoms with E-state index < -0.39 is 0 Å². The lowest BCUT2D eigenvalue weighted by Gasteiger charge is -2.05. The molecule has 82 valence electrons. The van der Waals surface area contributed by atoms with Gasteiger partial charge >= 0.3 is 0 Å². The van der Waals surface area contributed by atoms with Crippen LogP contribution in [0.3, 0.4) is 0 Å². The van der Waals surface area contributed by atoms with E-state index in [1.165, 1.54) is 18.4 Å². The van der Waals surface area contributed by atoms with Crippen molar-refractivity contribution in [3.8, 4) is 5.75 Å². The van der Waals surface area contributed by atoms with Gasteiger partial charge in [-0.3, -0.25) is 14.8 Å². The summed E-state index contributed by atoms with van der Waals surface area (Å²) in [6.07, 6.45) is 5.18. The summed E-state index contributed by atoms with van der Waals surface area (Å²) in [5.74, 6) is 0.528. The fourth-order valence-corrected chi connectivity index (χ4v) is 1.95. The number of ketones is 1. The lowest BCUT2D eigenvalue weighted by Crippen LogP contribution is -2.05. The average Bonchev–Trinajstić information content (AvgIpc) is 2.81. The maximum absolute atomic E-state index is 12.0. The van der Waals surface area contributed by atoms with E-state index in [2.05, 4.69) is 9.97 Å². The van der Waals surface area contributed by atoms with Crippen LogP contribution in [0.15, 0.2) is 30.2 Å². The molecule has 0 unspecified atom stereocenters. The molecule has 0 aliphatic carbocycles. The average molecular weight is 234 g/mol. The summed E-state index contributed by atoms with van der Waals surface area (Å²) in [5, 5.41) is 0. The van der Waals surface area contributed by atoms with E-state index in [-0.39, 0.29) is 5.78 Å². The van der Waals surface area contributed by atoms with E-state index in [4.69, 9.17) is 4.74 Å². The van der Waals surface area contributed by atoms with Crippen LogP contribution in [0, 0.1) is 0 Å². The van der Waals surface area contributed by atoms with Crippen molar-refractivity contribution in [3.05, 3.63) is 40.6 Å². The Bertz CT molecular complexity index is 482. The largest absolute Gasteiger partial charge is 0.494 e. The Morgan fingerprint density at radius 2 is 2.31 bits per heavy atom. The zero-order chi connectivity index (χ0) is 11.4. The van der Waals surface area contributed by atoms with E-state index in [1.807, 2.05) is 0 Å². The predicted octanol–water partition coefficient (Wildman–Crippen LogP) is 1.97. The van der Waals surface area contributed by atoms with Crippen molar-refractivity contribution in [3.63, 3.8) is 0 Å². The van der Waals surface area contributed by atoms with Gasteiger partial charge in [0.1, 0.15) is 5.75 Å². The van der Waals surface area contributed by atoms with Gasteiger partial charge in [-0.25, -0.2) is 0 Å². The minimum absolute atomic E-state index is 0.0171. The number of ether oxygens (including phenoxy) is 1. The van der Waals surface area contributed by atoms with Crippen LogP contribution < -0.4 is 4.74 Å². The van der Waals surface area contributed by atoms with Crippen molar-refractivity contribution < 1.29 is 9.53 Å². The normalized spacial score (nSPS) is 10.1. The van der Waals surface area contributed by atoms with E-state index in [0.29, 0.717) is 17.7 Å². The summed E-state index contributed by atoms with van der Waals surface area (Å²) in [5.41, 5.74) is 2.28. The summed E-state index contributed by atoms with van der Waals surface area (Å²) in [6, 6.07) is 1.67. The van der Waals surface area contributed by atoms with Crippen LogP contribution in [0.25, 0.3) is 0 Å². The first-order valence-corrected chi connectivity index (χ1v) is 5.58. The second kappa shape index (κ2) is 4.85. The molecule has 5 heteroatoms. The second-order valence-electron chi connectivity index (χ2n) is 3.14. The molecule has 0 bridgehead atoms. The third kappa shape index (κ3) is 2.25. The Morgan fingerprint density at radius 3 is 3.00 bits per heavy atom. The van der Waals surface area contributed by atoms with Crippen LogP contribution >= 0.6 is 11.3 Å². The maximum atomic E-state index is 12.0. The van der Waals surface area contributed by atoms with Gasteiger partial charge < -0.3 is 4.74 Å². The lowest BCUT2D eigenvalue weighted by molar-refractivity contribution is 0.0990. The van der Waals surface area contributed by atoms with Gasteiger partial charge in [-0.2, -0.15) is 0 Å². The zero-order valence-electron chi connectivity index (χ0n) is 8.71. The van der Waals surface area contributed by atoms with Crippen molar-refractivity contribution in [2.24, 2.45) is 0 Å². The van der Waals surface area contributed by atoms with Gasteiger partial charge in [-0.05, 0) is 6.07 Å². The Kier molecular flexibility index (Phi) is 3.26. The molecule has 2 heterocycles. The highest BCUT2D eigenvalue weighted by molar-refractivity contribution is 7.09. The second-order valence-corrected chi connectivity index (χ2v) is 4.11. The number of rotatable bonds is 4. The van der Waals surface area contributed by atoms with Crippen molar-refractivity contribution in [1.82, 2.24) is 9.97 Å². The number of Topliss-reactive ketones (excluding diaryl/α,β-unsaturated/α-hetero) is 1. The molecule has 0 radical (unpaired) electrons. The predicted molar refractivity (Wildman–Crippen MR) is 60.9 cm³/mol. The maximum Gasteiger partial charge on any atom is 0.171 e. The standard InChI is InChI=1S/C11H10N2O2S/c1-15-11-6-12-3-2-9(11)10(14)4-8-5-13-7-16-8/h2-3,5-7H,4H2,1H3. The van der Waals surface area contributed by atoms with Gasteiger partial charge in [-0.15, -0.1) is 11.3 Å². The van der Waals surface area contributed by atoms with Crippen molar-refractivity contribution in [1.29, 1.82) is 0 Å². The first-order chi connectivity index (χ1) is 7.81. The summed E-state index contributed by atoms with van der Waals surface area (Å²) in [4.78, 5) is 20.8. The Morgan fingerprint density at radius 1 is 1.44 bits per heavy atom. The summed E-state index contributed by atoms with van der Waals surface area (Å²) < 4.78 is 5.09. The SMILES string of the molecule is COc1cnccc1C(=O)Cc1cncs1. The molecular formula is C11H10N2O2S. The van der Waals surface area contributed by atoms with Crippen LogP contribution in [-0.2, 0) is 6.42 Å². The zero-order valence-corrected chi connectivity index (χ0v) is 9.53. The third-order valence-corrected chi connectivity index (χ3v) is 2.90. The fraction of sp³-hybridized carbons (Fsp3) is 0.182. The molecule has 0 atom stereocenters. The van der Waals surface area contributed by atoms with Gasteiger partial charge in [0, 0.05) is 23.7 Å². The first-order valence-electron chi connectivity index (χ1n) is 4.70. The summed E-state index contributed by atoms with van der Waals surface area (Å²) in [6.45, 7) is 0. The van der Waals surface area contributed by atoms with E-state index in [9.17, 15) is 4.79 Å². The smallest absolute Gasteiger partial charge is 0.171 e. The topological polar surface area (TPSA) is 52.1 Å². The molecule has 4 nitrogen and oxygen atoms in total. The highest BCUT2D eigenvalue weighted by Gasteiger charge is 2.13. The molecule has 0 aromatic carbocycles. The van der Waals surface area contributed by atoms with Crippen LogP contribution in [0.4, 0.5) is 0 Å². The number of carbonyl (C=O) groups is 1. The monoisotopic (exact) mass is 234 g/mol. The quantitative estimate of drug-likeness (QED) is 0.759. The Labute approximate surface area is 96.9 Å². The number of thiazole rings is 1. The molecule has 0 aliphatic heterocycles. The van der Waals surface area contributed by atoms with E-state index in [1.54, 1.807) is 30.2 Å². The number of nitrogens with zero attached hydrogens (tertiary/aromatic N) is 2. The minimum Gasteiger partial charge on any atom is -0.494 e. The minimum atomic E-state index is 0.0171. The molecule has 0 amide bonds. The number of methoxy groups -OCH3 is 1. The molecule has 2 rings (SSSR count). The summed E-state index contributed by atoms with van der Waals surface area (Å²) in [7, 11) is 1.53. The molecule has 0 saturated carbocycles. The fourth-order valence-electron chi connectivity index (χ4n) is 1.36. The number of aromatic nitrogens is 2. The molecule has 0 spiro atoms. The number of hydrogen-bond acceptors (Lipinski definition) is 5. The molecule has 16 heavy (non-hydrogen) atoms. The lowest BCUT2D eigenvalue weighted by atomic mass is 10.1. The van der Waals surface area contributed by atoms with Crippen LogP contribution in [0.1, 0.15) is 15.2 Å². The Balaban J connectivity index is 2.21. The van der Waals surface area contributed by atoms with Gasteiger partial charge in [-0.1, -0.05) is 0 Å².